The van der Waals surface area contributed by atoms with E-state index in [1.165, 1.54) is 0 Å². The molecule has 0 aromatic rings. The maximum absolute atomic E-state index is 10.9. The van der Waals surface area contributed by atoms with E-state index in [9.17, 15) is 9.59 Å². The Morgan fingerprint density at radius 3 is 3.00 bits per heavy atom. The first kappa shape index (κ1) is 9.03. The van der Waals surface area contributed by atoms with Crippen molar-refractivity contribution in [2.75, 3.05) is 13.1 Å². The number of likely N-dealkylation sites (tertiary alicyclic amines) is 1. The lowest BCUT2D eigenvalue weighted by molar-refractivity contribution is -0.122. The van der Waals surface area contributed by atoms with Gasteiger partial charge >= 0.3 is 0 Å². The second kappa shape index (κ2) is 4.09. The van der Waals surface area contributed by atoms with Gasteiger partial charge in [-0.3, -0.25) is 9.59 Å². The SMILES string of the molecule is CCC(=O)NC1CCN(C=O)C1. The molecule has 1 aliphatic heterocycles. The van der Waals surface area contributed by atoms with E-state index < -0.39 is 0 Å². The van der Waals surface area contributed by atoms with Crippen LogP contribution in [0.2, 0.25) is 0 Å². The summed E-state index contributed by atoms with van der Waals surface area (Å²) in [6.07, 6.45) is 2.22. The van der Waals surface area contributed by atoms with Gasteiger partial charge in [-0.2, -0.15) is 0 Å². The molecule has 0 saturated carbocycles. The van der Waals surface area contributed by atoms with Crippen molar-refractivity contribution in [3.05, 3.63) is 0 Å². The molecule has 1 saturated heterocycles. The Labute approximate surface area is 71.9 Å². The van der Waals surface area contributed by atoms with E-state index in [1.807, 2.05) is 6.92 Å². The van der Waals surface area contributed by atoms with Gasteiger partial charge in [0.05, 0.1) is 0 Å². The van der Waals surface area contributed by atoms with Crippen molar-refractivity contribution in [2.24, 2.45) is 0 Å². The summed E-state index contributed by atoms with van der Waals surface area (Å²) >= 11 is 0. The lowest BCUT2D eigenvalue weighted by Crippen LogP contribution is -2.36. The predicted octanol–water partition coefficient (Wildman–Crippen LogP) is -0.257. The molecule has 1 heterocycles. The Hall–Kier alpha value is -1.06. The average Bonchev–Trinajstić information content (AvgIpc) is 2.52. The van der Waals surface area contributed by atoms with Crippen molar-refractivity contribution < 1.29 is 9.59 Å². The van der Waals surface area contributed by atoms with E-state index in [2.05, 4.69) is 5.32 Å². The topological polar surface area (TPSA) is 49.4 Å². The molecular weight excluding hydrogens is 156 g/mol. The quantitative estimate of drug-likeness (QED) is 0.593. The summed E-state index contributed by atoms with van der Waals surface area (Å²) in [5.74, 6) is 0.0627. The number of rotatable bonds is 3. The van der Waals surface area contributed by atoms with E-state index in [4.69, 9.17) is 0 Å². The molecule has 0 aromatic carbocycles. The third-order valence-electron chi connectivity index (χ3n) is 2.05. The molecule has 0 spiro atoms. The fraction of sp³-hybridized carbons (Fsp3) is 0.750. The Morgan fingerprint density at radius 1 is 1.75 bits per heavy atom. The second-order valence-corrected chi connectivity index (χ2v) is 3.01. The maximum atomic E-state index is 10.9. The molecule has 0 bridgehead atoms. The van der Waals surface area contributed by atoms with E-state index in [-0.39, 0.29) is 11.9 Å². The largest absolute Gasteiger partial charge is 0.352 e. The van der Waals surface area contributed by atoms with Crippen molar-refractivity contribution in [3.63, 3.8) is 0 Å². The highest BCUT2D eigenvalue weighted by Gasteiger charge is 2.21. The van der Waals surface area contributed by atoms with Gasteiger partial charge in [0, 0.05) is 25.6 Å². The number of nitrogens with zero attached hydrogens (tertiary/aromatic N) is 1. The van der Waals surface area contributed by atoms with Gasteiger partial charge < -0.3 is 10.2 Å². The van der Waals surface area contributed by atoms with Crippen LogP contribution in [0.3, 0.4) is 0 Å². The number of hydrogen-bond donors (Lipinski definition) is 1. The van der Waals surface area contributed by atoms with Crippen LogP contribution in [-0.4, -0.2) is 36.3 Å². The minimum absolute atomic E-state index is 0.0627. The van der Waals surface area contributed by atoms with Gasteiger partial charge in [0.15, 0.2) is 0 Å². The molecule has 68 valence electrons. The summed E-state index contributed by atoms with van der Waals surface area (Å²) in [6.45, 7) is 3.25. The molecule has 1 aliphatic rings. The second-order valence-electron chi connectivity index (χ2n) is 3.01. The summed E-state index contributed by atoms with van der Waals surface area (Å²) in [6, 6.07) is 0.169. The zero-order chi connectivity index (χ0) is 8.97. The zero-order valence-corrected chi connectivity index (χ0v) is 7.25. The number of amides is 2. The van der Waals surface area contributed by atoms with Gasteiger partial charge in [-0.1, -0.05) is 6.92 Å². The highest BCUT2D eigenvalue weighted by Crippen LogP contribution is 2.06. The molecule has 0 aromatic heterocycles. The third kappa shape index (κ3) is 2.22. The lowest BCUT2D eigenvalue weighted by atomic mass is 10.2. The molecule has 2 amide bonds. The van der Waals surface area contributed by atoms with Gasteiger partial charge in [0.2, 0.25) is 12.3 Å². The lowest BCUT2D eigenvalue weighted by Gasteiger charge is -2.11. The summed E-state index contributed by atoms with van der Waals surface area (Å²) in [4.78, 5) is 22.9. The molecule has 1 rings (SSSR count). The van der Waals surface area contributed by atoms with Crippen LogP contribution in [0.15, 0.2) is 0 Å². The van der Waals surface area contributed by atoms with Crippen molar-refractivity contribution in [1.82, 2.24) is 10.2 Å². The smallest absolute Gasteiger partial charge is 0.219 e. The number of carbonyl (C=O) groups is 2. The minimum atomic E-state index is 0.0627. The standard InChI is InChI=1S/C8H14N2O2/c1-2-8(12)9-7-3-4-10(5-7)6-11/h6-7H,2-5H2,1H3,(H,9,12). The molecule has 1 N–H and O–H groups in total. The Bertz CT molecular complexity index is 182. The number of carbonyl (C=O) groups excluding carboxylic acids is 2. The first-order valence-corrected chi connectivity index (χ1v) is 4.25. The van der Waals surface area contributed by atoms with Crippen LogP contribution in [0, 0.1) is 0 Å². The average molecular weight is 170 g/mol. The minimum Gasteiger partial charge on any atom is -0.352 e. The van der Waals surface area contributed by atoms with Crippen LogP contribution in [0.1, 0.15) is 19.8 Å². The molecular formula is C8H14N2O2. The monoisotopic (exact) mass is 170 g/mol. The molecule has 1 unspecified atom stereocenters. The number of nitrogens with one attached hydrogen (secondary N) is 1. The predicted molar refractivity (Wildman–Crippen MR) is 44.5 cm³/mol. The molecule has 1 fully saturated rings. The van der Waals surface area contributed by atoms with Crippen molar-refractivity contribution in [3.8, 4) is 0 Å². The summed E-state index contributed by atoms with van der Waals surface area (Å²) in [7, 11) is 0. The van der Waals surface area contributed by atoms with Crippen LogP contribution in [0.25, 0.3) is 0 Å². The fourth-order valence-electron chi connectivity index (χ4n) is 1.33. The fourth-order valence-corrected chi connectivity index (χ4v) is 1.33. The van der Waals surface area contributed by atoms with Crippen LogP contribution in [0.4, 0.5) is 0 Å². The third-order valence-corrected chi connectivity index (χ3v) is 2.05. The molecule has 12 heavy (non-hydrogen) atoms. The van der Waals surface area contributed by atoms with Gasteiger partial charge in [0.1, 0.15) is 0 Å². The summed E-state index contributed by atoms with van der Waals surface area (Å²) < 4.78 is 0. The van der Waals surface area contributed by atoms with E-state index in [0.29, 0.717) is 13.0 Å². The van der Waals surface area contributed by atoms with Gasteiger partial charge in [0.25, 0.3) is 0 Å². The number of hydrogen-bond acceptors (Lipinski definition) is 2. The Kier molecular flexibility index (Phi) is 3.08. The van der Waals surface area contributed by atoms with Gasteiger partial charge in [-0.15, -0.1) is 0 Å². The Balaban J connectivity index is 2.27. The van der Waals surface area contributed by atoms with Crippen molar-refractivity contribution in [1.29, 1.82) is 0 Å². The van der Waals surface area contributed by atoms with Crippen LogP contribution in [0.5, 0.6) is 0 Å². The highest BCUT2D eigenvalue weighted by molar-refractivity contribution is 5.75. The summed E-state index contributed by atoms with van der Waals surface area (Å²) in [5.41, 5.74) is 0. The molecule has 4 nitrogen and oxygen atoms in total. The van der Waals surface area contributed by atoms with Crippen LogP contribution >= 0.6 is 0 Å². The van der Waals surface area contributed by atoms with E-state index in [1.54, 1.807) is 4.90 Å². The van der Waals surface area contributed by atoms with Gasteiger partial charge in [-0.25, -0.2) is 0 Å². The van der Waals surface area contributed by atoms with E-state index >= 15 is 0 Å². The molecule has 0 aliphatic carbocycles. The Morgan fingerprint density at radius 2 is 2.50 bits per heavy atom. The molecule has 1 atom stereocenters. The molecule has 4 heteroatoms. The van der Waals surface area contributed by atoms with E-state index in [0.717, 1.165) is 19.4 Å². The highest BCUT2D eigenvalue weighted by atomic mass is 16.2. The molecule has 0 radical (unpaired) electrons. The van der Waals surface area contributed by atoms with Crippen LogP contribution in [-0.2, 0) is 9.59 Å². The first-order chi connectivity index (χ1) is 5.76. The van der Waals surface area contributed by atoms with Crippen LogP contribution < -0.4 is 5.32 Å². The first-order valence-electron chi connectivity index (χ1n) is 4.25. The van der Waals surface area contributed by atoms with Gasteiger partial charge in [-0.05, 0) is 6.42 Å². The van der Waals surface area contributed by atoms with Crippen molar-refractivity contribution >= 4 is 12.3 Å². The summed E-state index contributed by atoms with van der Waals surface area (Å²) in [5, 5.41) is 2.85. The maximum Gasteiger partial charge on any atom is 0.219 e. The zero-order valence-electron chi connectivity index (χ0n) is 7.25. The normalized spacial score (nSPS) is 22.4. The van der Waals surface area contributed by atoms with Crippen molar-refractivity contribution in [2.45, 2.75) is 25.8 Å².